The fraction of sp³-hybridized carbons (Fsp3) is 0.571. The Balaban J connectivity index is 1.85. The molecular weight excluding hydrogens is 278 g/mol. The Morgan fingerprint density at radius 3 is 3.06 bits per heavy atom. The molecule has 0 aliphatic carbocycles. The minimum absolute atomic E-state index is 0.475. The highest BCUT2D eigenvalue weighted by Crippen LogP contribution is 2.22. The number of hydrogen-bond donors (Lipinski definition) is 1. The van der Waals surface area contributed by atoms with E-state index in [4.69, 9.17) is 4.74 Å². The van der Waals surface area contributed by atoms with Gasteiger partial charge in [0.05, 0.1) is 6.10 Å². The Kier molecular flexibility index (Phi) is 4.86. The molecule has 0 spiro atoms. The molecule has 1 heterocycles. The van der Waals surface area contributed by atoms with E-state index in [1.165, 1.54) is 24.1 Å². The molecule has 2 nitrogen and oxygen atoms in total. The van der Waals surface area contributed by atoms with E-state index in [1.807, 2.05) is 0 Å². The summed E-state index contributed by atoms with van der Waals surface area (Å²) in [7, 11) is 0. The van der Waals surface area contributed by atoms with Gasteiger partial charge in [-0.3, -0.25) is 0 Å². The third kappa shape index (κ3) is 3.71. The van der Waals surface area contributed by atoms with Crippen LogP contribution in [0.1, 0.15) is 31.7 Å². The highest BCUT2D eigenvalue weighted by atomic mass is 79.9. The third-order valence-electron chi connectivity index (χ3n) is 3.25. The molecule has 0 aromatic heterocycles. The minimum atomic E-state index is 0.475. The lowest BCUT2D eigenvalue weighted by molar-refractivity contribution is 0.107. The molecule has 1 saturated heterocycles. The van der Waals surface area contributed by atoms with E-state index in [9.17, 15) is 0 Å². The van der Waals surface area contributed by atoms with E-state index >= 15 is 0 Å². The number of benzene rings is 1. The molecule has 1 fully saturated rings. The first-order valence-corrected chi connectivity index (χ1v) is 7.23. The van der Waals surface area contributed by atoms with Gasteiger partial charge in [0.15, 0.2) is 0 Å². The topological polar surface area (TPSA) is 21.3 Å². The molecular formula is C14H20BrNO. The number of rotatable bonds is 5. The Labute approximate surface area is 112 Å². The van der Waals surface area contributed by atoms with Crippen molar-refractivity contribution in [3.05, 3.63) is 28.2 Å². The zero-order chi connectivity index (χ0) is 12.1. The molecule has 2 rings (SSSR count). The van der Waals surface area contributed by atoms with E-state index in [1.54, 1.807) is 0 Å². The van der Waals surface area contributed by atoms with Crippen molar-refractivity contribution in [1.29, 1.82) is 0 Å². The van der Waals surface area contributed by atoms with Crippen molar-refractivity contribution in [1.82, 2.24) is 0 Å². The Bertz CT molecular complexity index is 361. The van der Waals surface area contributed by atoms with Gasteiger partial charge in [-0.1, -0.05) is 22.9 Å². The summed E-state index contributed by atoms with van der Waals surface area (Å²) in [5.74, 6) is 0. The molecule has 1 aromatic carbocycles. The highest BCUT2D eigenvalue weighted by molar-refractivity contribution is 9.10. The molecule has 94 valence electrons. The molecule has 1 aliphatic rings. The van der Waals surface area contributed by atoms with E-state index < -0.39 is 0 Å². The van der Waals surface area contributed by atoms with Gasteiger partial charge in [0.2, 0.25) is 0 Å². The highest BCUT2D eigenvalue weighted by Gasteiger charge is 2.14. The van der Waals surface area contributed by atoms with Crippen LogP contribution in [0.15, 0.2) is 22.7 Å². The van der Waals surface area contributed by atoms with E-state index in [2.05, 4.69) is 46.4 Å². The quantitative estimate of drug-likeness (QED) is 0.887. The van der Waals surface area contributed by atoms with Crippen LogP contribution >= 0.6 is 15.9 Å². The van der Waals surface area contributed by atoms with Gasteiger partial charge in [0.25, 0.3) is 0 Å². The summed E-state index contributed by atoms with van der Waals surface area (Å²) in [5, 5.41) is 3.52. The molecule has 0 saturated carbocycles. The number of aryl methyl sites for hydroxylation is 1. The average Bonchev–Trinajstić information content (AvgIpc) is 2.84. The fourth-order valence-electron chi connectivity index (χ4n) is 2.27. The van der Waals surface area contributed by atoms with Crippen LogP contribution in [0.5, 0.6) is 0 Å². The second-order valence-corrected chi connectivity index (χ2v) is 5.42. The first-order valence-electron chi connectivity index (χ1n) is 6.43. The minimum Gasteiger partial charge on any atom is -0.385 e. The van der Waals surface area contributed by atoms with Crippen LogP contribution in [0.4, 0.5) is 5.69 Å². The van der Waals surface area contributed by atoms with E-state index in [0.717, 1.165) is 30.5 Å². The van der Waals surface area contributed by atoms with Gasteiger partial charge in [0.1, 0.15) is 0 Å². The summed E-state index contributed by atoms with van der Waals surface area (Å²) in [6.07, 6.45) is 5.09. The SMILES string of the molecule is CCc1cc(Br)ccc1NCCC1CCCO1. The van der Waals surface area contributed by atoms with Gasteiger partial charge in [0, 0.05) is 23.3 Å². The molecule has 0 radical (unpaired) electrons. The Morgan fingerprint density at radius 1 is 1.47 bits per heavy atom. The number of nitrogens with one attached hydrogen (secondary N) is 1. The lowest BCUT2D eigenvalue weighted by Gasteiger charge is -2.13. The molecule has 1 N–H and O–H groups in total. The van der Waals surface area contributed by atoms with Gasteiger partial charge in [-0.25, -0.2) is 0 Å². The normalized spacial score (nSPS) is 19.5. The monoisotopic (exact) mass is 297 g/mol. The lowest BCUT2D eigenvalue weighted by atomic mass is 10.1. The van der Waals surface area contributed by atoms with Crippen LogP contribution in [0.25, 0.3) is 0 Å². The summed E-state index contributed by atoms with van der Waals surface area (Å²) in [5.41, 5.74) is 2.63. The first kappa shape index (κ1) is 12.9. The largest absolute Gasteiger partial charge is 0.385 e. The molecule has 1 aliphatic heterocycles. The second-order valence-electron chi connectivity index (χ2n) is 4.51. The smallest absolute Gasteiger partial charge is 0.0592 e. The van der Waals surface area contributed by atoms with Gasteiger partial charge in [-0.15, -0.1) is 0 Å². The van der Waals surface area contributed by atoms with Crippen molar-refractivity contribution in [3.8, 4) is 0 Å². The maximum atomic E-state index is 5.62. The number of anilines is 1. The van der Waals surface area contributed by atoms with Crippen molar-refractivity contribution in [2.45, 2.75) is 38.7 Å². The predicted octanol–water partition coefficient (Wildman–Crippen LogP) is 3.99. The maximum Gasteiger partial charge on any atom is 0.0592 e. The van der Waals surface area contributed by atoms with Gasteiger partial charge in [-0.2, -0.15) is 0 Å². The lowest BCUT2D eigenvalue weighted by Crippen LogP contribution is -2.13. The van der Waals surface area contributed by atoms with Gasteiger partial charge in [-0.05, 0) is 49.4 Å². The van der Waals surface area contributed by atoms with E-state index in [0.29, 0.717) is 6.10 Å². The van der Waals surface area contributed by atoms with Crippen LogP contribution in [-0.4, -0.2) is 19.3 Å². The first-order chi connectivity index (χ1) is 8.29. The van der Waals surface area contributed by atoms with Crippen molar-refractivity contribution in [3.63, 3.8) is 0 Å². The molecule has 0 amide bonds. The third-order valence-corrected chi connectivity index (χ3v) is 3.75. The Hall–Kier alpha value is -0.540. The summed E-state index contributed by atoms with van der Waals surface area (Å²) >= 11 is 3.51. The maximum absolute atomic E-state index is 5.62. The number of hydrogen-bond acceptors (Lipinski definition) is 2. The fourth-order valence-corrected chi connectivity index (χ4v) is 2.68. The van der Waals surface area contributed by atoms with Crippen LogP contribution < -0.4 is 5.32 Å². The van der Waals surface area contributed by atoms with Gasteiger partial charge >= 0.3 is 0 Å². The molecule has 0 bridgehead atoms. The Morgan fingerprint density at radius 2 is 2.35 bits per heavy atom. The van der Waals surface area contributed by atoms with Crippen LogP contribution in [0.2, 0.25) is 0 Å². The molecule has 1 aromatic rings. The van der Waals surface area contributed by atoms with Crippen molar-refractivity contribution in [2.75, 3.05) is 18.5 Å². The average molecular weight is 298 g/mol. The molecule has 1 atom stereocenters. The summed E-state index contributed by atoms with van der Waals surface area (Å²) < 4.78 is 6.77. The standard InChI is InChI=1S/C14H20BrNO/c1-2-11-10-12(15)5-6-14(11)16-8-7-13-4-3-9-17-13/h5-6,10,13,16H,2-4,7-9H2,1H3. The van der Waals surface area contributed by atoms with Gasteiger partial charge < -0.3 is 10.1 Å². The zero-order valence-electron chi connectivity index (χ0n) is 10.3. The predicted molar refractivity (Wildman–Crippen MR) is 75.6 cm³/mol. The zero-order valence-corrected chi connectivity index (χ0v) is 11.9. The second kappa shape index (κ2) is 6.41. The van der Waals surface area contributed by atoms with Crippen LogP contribution in [0.3, 0.4) is 0 Å². The molecule has 1 unspecified atom stereocenters. The van der Waals surface area contributed by atoms with Crippen molar-refractivity contribution >= 4 is 21.6 Å². The van der Waals surface area contributed by atoms with Crippen LogP contribution in [-0.2, 0) is 11.2 Å². The van der Waals surface area contributed by atoms with E-state index in [-0.39, 0.29) is 0 Å². The summed E-state index contributed by atoms with van der Waals surface area (Å²) in [6, 6.07) is 6.43. The van der Waals surface area contributed by atoms with Crippen molar-refractivity contribution < 1.29 is 4.74 Å². The summed E-state index contributed by atoms with van der Waals surface area (Å²) in [6.45, 7) is 4.13. The molecule has 17 heavy (non-hydrogen) atoms. The summed E-state index contributed by atoms with van der Waals surface area (Å²) in [4.78, 5) is 0. The van der Waals surface area contributed by atoms with Crippen molar-refractivity contribution in [2.24, 2.45) is 0 Å². The number of halogens is 1. The number of ether oxygens (including phenoxy) is 1. The molecule has 3 heteroatoms. The van der Waals surface area contributed by atoms with Crippen LogP contribution in [0, 0.1) is 0 Å².